The Kier molecular flexibility index (Phi) is 6.82. The molecular formula is C27H28ClN3O2. The van der Waals surface area contributed by atoms with E-state index in [1.165, 1.54) is 0 Å². The van der Waals surface area contributed by atoms with Crippen molar-refractivity contribution in [3.63, 3.8) is 0 Å². The van der Waals surface area contributed by atoms with Crippen LogP contribution >= 0.6 is 11.6 Å². The summed E-state index contributed by atoms with van der Waals surface area (Å²) in [7, 11) is 4.12. The van der Waals surface area contributed by atoms with Gasteiger partial charge in [0, 0.05) is 34.4 Å². The predicted molar refractivity (Wildman–Crippen MR) is 134 cm³/mol. The van der Waals surface area contributed by atoms with Crippen LogP contribution in [0.25, 0.3) is 0 Å². The minimum absolute atomic E-state index is 0.0743. The number of amides is 2. The zero-order chi connectivity index (χ0) is 23.5. The van der Waals surface area contributed by atoms with Gasteiger partial charge in [0.2, 0.25) is 0 Å². The minimum Gasteiger partial charge on any atom is -0.322 e. The molecule has 1 N–H and O–H groups in total. The summed E-state index contributed by atoms with van der Waals surface area (Å²) in [4.78, 5) is 30.1. The van der Waals surface area contributed by atoms with Gasteiger partial charge in [0.05, 0.1) is 5.69 Å². The summed E-state index contributed by atoms with van der Waals surface area (Å²) in [6, 6.07) is 20.5. The average Bonchev–Trinajstić information content (AvgIpc) is 2.98. The number of hydrogen-bond acceptors (Lipinski definition) is 3. The second-order valence-electron chi connectivity index (χ2n) is 8.63. The summed E-state index contributed by atoms with van der Waals surface area (Å²) < 4.78 is 0. The SMILES string of the molecule is Cc1ccccc1C(=O)Nc1ccc(C(=O)N2CCCC(N(C)C)c3ccc(Cl)cc32)cc1. The quantitative estimate of drug-likeness (QED) is 0.522. The van der Waals surface area contributed by atoms with Gasteiger partial charge in [0.1, 0.15) is 0 Å². The van der Waals surface area contributed by atoms with Gasteiger partial charge in [0.25, 0.3) is 11.8 Å². The van der Waals surface area contributed by atoms with Gasteiger partial charge in [-0.25, -0.2) is 0 Å². The van der Waals surface area contributed by atoms with Crippen molar-refractivity contribution in [1.82, 2.24) is 4.90 Å². The van der Waals surface area contributed by atoms with Gasteiger partial charge in [0.15, 0.2) is 0 Å². The Labute approximate surface area is 200 Å². The fourth-order valence-corrected chi connectivity index (χ4v) is 4.54. The molecule has 0 radical (unpaired) electrons. The Morgan fingerprint density at radius 3 is 2.45 bits per heavy atom. The maximum atomic E-state index is 13.5. The van der Waals surface area contributed by atoms with Crippen LogP contribution in [-0.4, -0.2) is 37.4 Å². The standard InChI is InChI=1S/C27H28ClN3O2/c1-18-7-4-5-8-22(18)26(32)29-21-13-10-19(11-14-21)27(33)31-16-6-9-24(30(2)3)23-15-12-20(28)17-25(23)31/h4-5,7-8,10-15,17,24H,6,9,16H2,1-3H3,(H,29,32). The molecule has 3 aromatic carbocycles. The lowest BCUT2D eigenvalue weighted by Gasteiger charge is -2.27. The molecule has 170 valence electrons. The van der Waals surface area contributed by atoms with Crippen LogP contribution in [0.3, 0.4) is 0 Å². The molecule has 0 saturated carbocycles. The summed E-state index contributed by atoms with van der Waals surface area (Å²) in [5, 5.41) is 3.52. The zero-order valence-corrected chi connectivity index (χ0v) is 19.9. The van der Waals surface area contributed by atoms with Gasteiger partial charge < -0.3 is 15.1 Å². The molecule has 0 spiro atoms. The van der Waals surface area contributed by atoms with Crippen LogP contribution in [0.15, 0.2) is 66.7 Å². The number of aryl methyl sites for hydroxylation is 1. The molecule has 1 heterocycles. The lowest BCUT2D eigenvalue weighted by Crippen LogP contribution is -2.32. The number of nitrogens with one attached hydrogen (secondary N) is 1. The lowest BCUT2D eigenvalue weighted by molar-refractivity contribution is 0.0985. The maximum Gasteiger partial charge on any atom is 0.258 e. The molecule has 4 rings (SSSR count). The topological polar surface area (TPSA) is 52.7 Å². The summed E-state index contributed by atoms with van der Waals surface area (Å²) in [6.45, 7) is 2.53. The van der Waals surface area contributed by atoms with Gasteiger partial charge in [-0.2, -0.15) is 0 Å². The van der Waals surface area contributed by atoms with Crippen molar-refractivity contribution in [2.75, 3.05) is 30.9 Å². The van der Waals surface area contributed by atoms with E-state index in [1.54, 1.807) is 30.3 Å². The zero-order valence-electron chi connectivity index (χ0n) is 19.1. The highest BCUT2D eigenvalue weighted by Crippen LogP contribution is 2.37. The van der Waals surface area contributed by atoms with Crippen LogP contribution in [0.4, 0.5) is 11.4 Å². The van der Waals surface area contributed by atoms with Gasteiger partial charge in [-0.1, -0.05) is 35.9 Å². The van der Waals surface area contributed by atoms with Crippen LogP contribution in [0.5, 0.6) is 0 Å². The third kappa shape index (κ3) is 4.95. The highest BCUT2D eigenvalue weighted by atomic mass is 35.5. The summed E-state index contributed by atoms with van der Waals surface area (Å²) >= 11 is 6.31. The molecule has 1 atom stereocenters. The third-order valence-electron chi connectivity index (χ3n) is 6.15. The first-order valence-corrected chi connectivity index (χ1v) is 11.5. The first-order valence-electron chi connectivity index (χ1n) is 11.1. The fraction of sp³-hybridized carbons (Fsp3) is 0.259. The monoisotopic (exact) mass is 461 g/mol. The van der Waals surface area contributed by atoms with Crippen molar-refractivity contribution in [3.8, 4) is 0 Å². The van der Waals surface area contributed by atoms with Gasteiger partial charge in [-0.15, -0.1) is 0 Å². The van der Waals surface area contributed by atoms with Crippen LogP contribution in [0, 0.1) is 6.92 Å². The Balaban J connectivity index is 1.57. The smallest absolute Gasteiger partial charge is 0.258 e. The Bertz CT molecular complexity index is 1170. The van der Waals surface area contributed by atoms with Gasteiger partial charge >= 0.3 is 0 Å². The molecule has 6 heteroatoms. The maximum absolute atomic E-state index is 13.5. The summed E-state index contributed by atoms with van der Waals surface area (Å²) in [6.07, 6.45) is 1.86. The molecule has 33 heavy (non-hydrogen) atoms. The number of anilines is 2. The Morgan fingerprint density at radius 1 is 1.03 bits per heavy atom. The van der Waals surface area contributed by atoms with E-state index in [9.17, 15) is 9.59 Å². The fourth-order valence-electron chi connectivity index (χ4n) is 4.38. The normalized spacial score (nSPS) is 15.7. The molecule has 0 saturated heterocycles. The van der Waals surface area contributed by atoms with Crippen LogP contribution < -0.4 is 10.2 Å². The highest BCUT2D eigenvalue weighted by molar-refractivity contribution is 6.31. The van der Waals surface area contributed by atoms with Crippen LogP contribution in [0.2, 0.25) is 5.02 Å². The second kappa shape index (κ2) is 9.77. The van der Waals surface area contributed by atoms with Gasteiger partial charge in [-0.3, -0.25) is 9.59 Å². The number of nitrogens with zero attached hydrogens (tertiary/aromatic N) is 2. The molecule has 0 bridgehead atoms. The molecule has 1 aliphatic heterocycles. The Morgan fingerprint density at radius 2 is 1.76 bits per heavy atom. The molecule has 1 unspecified atom stereocenters. The molecular weight excluding hydrogens is 434 g/mol. The number of halogens is 1. The van der Waals surface area contributed by atoms with E-state index in [0.29, 0.717) is 28.4 Å². The van der Waals surface area contributed by atoms with E-state index in [1.807, 2.05) is 48.2 Å². The molecule has 1 aliphatic rings. The van der Waals surface area contributed by atoms with Crippen molar-refractivity contribution < 1.29 is 9.59 Å². The van der Waals surface area contributed by atoms with E-state index in [4.69, 9.17) is 11.6 Å². The molecule has 3 aromatic rings. The van der Waals surface area contributed by atoms with E-state index in [2.05, 4.69) is 24.3 Å². The third-order valence-corrected chi connectivity index (χ3v) is 6.38. The number of carbonyl (C=O) groups excluding carboxylic acids is 2. The van der Waals surface area contributed by atoms with E-state index in [0.717, 1.165) is 29.7 Å². The minimum atomic E-state index is -0.169. The van der Waals surface area contributed by atoms with Crippen LogP contribution in [-0.2, 0) is 0 Å². The first kappa shape index (κ1) is 23.0. The molecule has 5 nitrogen and oxygen atoms in total. The predicted octanol–water partition coefficient (Wildman–Crippen LogP) is 5.94. The van der Waals surface area contributed by atoms with E-state index < -0.39 is 0 Å². The number of rotatable bonds is 4. The van der Waals surface area contributed by atoms with Crippen molar-refractivity contribution in [2.45, 2.75) is 25.8 Å². The van der Waals surface area contributed by atoms with E-state index in [-0.39, 0.29) is 17.9 Å². The second-order valence-corrected chi connectivity index (χ2v) is 9.06. The van der Waals surface area contributed by atoms with E-state index >= 15 is 0 Å². The van der Waals surface area contributed by atoms with Crippen molar-refractivity contribution >= 4 is 34.8 Å². The van der Waals surface area contributed by atoms with Crippen molar-refractivity contribution in [3.05, 3.63) is 94.0 Å². The van der Waals surface area contributed by atoms with Gasteiger partial charge in [-0.05, 0) is 87.5 Å². The largest absolute Gasteiger partial charge is 0.322 e. The average molecular weight is 462 g/mol. The van der Waals surface area contributed by atoms with Crippen LogP contribution in [0.1, 0.15) is 50.7 Å². The van der Waals surface area contributed by atoms with Crippen molar-refractivity contribution in [1.29, 1.82) is 0 Å². The van der Waals surface area contributed by atoms with Crippen molar-refractivity contribution in [2.24, 2.45) is 0 Å². The number of fused-ring (bicyclic) bond motifs is 1. The lowest BCUT2D eigenvalue weighted by atomic mass is 10.0. The molecule has 0 aliphatic carbocycles. The summed E-state index contributed by atoms with van der Waals surface area (Å²) in [5.41, 5.74) is 4.73. The Hall–Kier alpha value is -3.15. The number of benzene rings is 3. The summed E-state index contributed by atoms with van der Waals surface area (Å²) in [5.74, 6) is -0.243. The highest BCUT2D eigenvalue weighted by Gasteiger charge is 2.28. The molecule has 2 amide bonds. The number of hydrogen-bond donors (Lipinski definition) is 1. The molecule has 0 fully saturated rings. The first-order chi connectivity index (χ1) is 15.8. The number of carbonyl (C=O) groups is 2. The molecule has 0 aromatic heterocycles.